The van der Waals surface area contributed by atoms with Crippen LogP contribution in [0.4, 0.5) is 11.4 Å². The highest BCUT2D eigenvalue weighted by atomic mass is 28.4. The van der Waals surface area contributed by atoms with Crippen LogP contribution in [0.1, 0.15) is 20.8 Å². The monoisotopic (exact) mass is 505 g/mol. The third-order valence-electron chi connectivity index (χ3n) is 6.86. The van der Waals surface area contributed by atoms with E-state index in [0.29, 0.717) is 13.2 Å². The summed E-state index contributed by atoms with van der Waals surface area (Å²) in [5.41, 5.74) is 5.22. The Morgan fingerprint density at radius 2 is 1.64 bits per heavy atom. The molecule has 190 valence electrons. The first-order chi connectivity index (χ1) is 17.1. The minimum Gasteiger partial charge on any atom is -0.497 e. The summed E-state index contributed by atoms with van der Waals surface area (Å²) < 4.78 is 17.6. The maximum Gasteiger partial charge on any atom is 0.192 e. The molecule has 0 fully saturated rings. The van der Waals surface area contributed by atoms with Gasteiger partial charge in [0.05, 0.1) is 49.9 Å². The fourth-order valence-electron chi connectivity index (χ4n) is 3.66. The Labute approximate surface area is 213 Å². The minimum absolute atomic E-state index is 0.138. The molecule has 0 saturated heterocycles. The topological polar surface area (TPSA) is 85.4 Å². The van der Waals surface area contributed by atoms with Crippen molar-refractivity contribution in [2.24, 2.45) is 0 Å². The Balaban J connectivity index is 1.73. The zero-order valence-corrected chi connectivity index (χ0v) is 23.1. The predicted molar refractivity (Wildman–Crippen MR) is 147 cm³/mol. The van der Waals surface area contributed by atoms with E-state index in [4.69, 9.17) is 18.9 Å². The molecule has 2 aromatic heterocycles. The summed E-state index contributed by atoms with van der Waals surface area (Å²) >= 11 is 0. The number of fused-ring (bicyclic) bond motifs is 1. The van der Waals surface area contributed by atoms with Gasteiger partial charge in [0.1, 0.15) is 11.5 Å². The number of benzene rings is 2. The van der Waals surface area contributed by atoms with Gasteiger partial charge in [-0.15, -0.1) is 0 Å². The second kappa shape index (κ2) is 10.3. The molecule has 4 rings (SSSR count). The van der Waals surface area contributed by atoms with Crippen molar-refractivity contribution in [3.8, 4) is 22.8 Å². The van der Waals surface area contributed by atoms with Gasteiger partial charge in [0, 0.05) is 47.9 Å². The molecule has 8 nitrogen and oxygen atoms in total. The largest absolute Gasteiger partial charge is 0.497 e. The molecular weight excluding hydrogens is 470 g/mol. The maximum absolute atomic E-state index is 6.53. The maximum atomic E-state index is 6.53. The van der Waals surface area contributed by atoms with Gasteiger partial charge in [0.2, 0.25) is 0 Å². The van der Waals surface area contributed by atoms with Gasteiger partial charge in [-0.2, -0.15) is 5.10 Å². The van der Waals surface area contributed by atoms with Crippen LogP contribution in [0.25, 0.3) is 22.3 Å². The van der Waals surface area contributed by atoms with E-state index in [-0.39, 0.29) is 5.04 Å². The summed E-state index contributed by atoms with van der Waals surface area (Å²) in [5, 5.41) is 7.00. The molecule has 36 heavy (non-hydrogen) atoms. The fraction of sp³-hybridized carbons (Fsp3) is 0.370. The van der Waals surface area contributed by atoms with Gasteiger partial charge in [-0.1, -0.05) is 20.8 Å². The molecule has 4 aromatic rings. The zero-order valence-electron chi connectivity index (χ0n) is 22.1. The van der Waals surface area contributed by atoms with E-state index < -0.39 is 8.32 Å². The van der Waals surface area contributed by atoms with Crippen LogP contribution in [0.2, 0.25) is 18.1 Å². The van der Waals surface area contributed by atoms with Gasteiger partial charge in [-0.05, 0) is 36.3 Å². The number of anilines is 2. The average Bonchev–Trinajstić information content (AvgIpc) is 3.40. The Kier molecular flexibility index (Phi) is 7.32. The SMILES string of the molecule is COc1cc(OC)cc(N(CCO[Si](C)(C)C(C)(C)C)c2ccc3ncc(-c4cn[nH]c4)nc3c2)c1. The van der Waals surface area contributed by atoms with Crippen LogP contribution < -0.4 is 14.4 Å². The van der Waals surface area contributed by atoms with E-state index in [2.05, 4.69) is 66.1 Å². The molecule has 0 aliphatic heterocycles. The van der Waals surface area contributed by atoms with Crippen LogP contribution in [-0.4, -0.2) is 55.9 Å². The number of methoxy groups -OCH3 is 2. The summed E-state index contributed by atoms with van der Waals surface area (Å²) in [7, 11) is 1.42. The van der Waals surface area contributed by atoms with E-state index in [9.17, 15) is 0 Å². The molecule has 0 atom stereocenters. The van der Waals surface area contributed by atoms with E-state index in [1.54, 1.807) is 26.6 Å². The van der Waals surface area contributed by atoms with Gasteiger partial charge in [-0.25, -0.2) is 4.98 Å². The van der Waals surface area contributed by atoms with Crippen molar-refractivity contribution in [3.05, 3.63) is 55.0 Å². The Hall–Kier alpha value is -3.43. The molecule has 9 heteroatoms. The highest BCUT2D eigenvalue weighted by Crippen LogP contribution is 2.37. The van der Waals surface area contributed by atoms with Crippen LogP contribution in [0.3, 0.4) is 0 Å². The first-order valence-electron chi connectivity index (χ1n) is 12.0. The molecule has 2 aromatic carbocycles. The number of nitrogens with one attached hydrogen (secondary N) is 1. The fourth-order valence-corrected chi connectivity index (χ4v) is 4.70. The van der Waals surface area contributed by atoms with E-state index in [1.165, 1.54) is 0 Å². The third-order valence-corrected chi connectivity index (χ3v) is 11.4. The molecule has 0 aliphatic carbocycles. The quantitative estimate of drug-likeness (QED) is 0.271. The van der Waals surface area contributed by atoms with E-state index in [1.807, 2.05) is 30.5 Å². The van der Waals surface area contributed by atoms with Crippen molar-refractivity contribution >= 4 is 30.7 Å². The summed E-state index contributed by atoms with van der Waals surface area (Å²) in [6.45, 7) is 12.6. The lowest BCUT2D eigenvalue weighted by atomic mass is 10.2. The number of ether oxygens (including phenoxy) is 2. The third kappa shape index (κ3) is 5.52. The number of hydrogen-bond donors (Lipinski definition) is 1. The Morgan fingerprint density at radius 1 is 0.917 bits per heavy atom. The van der Waals surface area contributed by atoms with Crippen molar-refractivity contribution < 1.29 is 13.9 Å². The van der Waals surface area contributed by atoms with Gasteiger partial charge < -0.3 is 18.8 Å². The average molecular weight is 506 g/mol. The molecule has 0 unspecified atom stereocenters. The summed E-state index contributed by atoms with van der Waals surface area (Å²) in [4.78, 5) is 11.7. The lowest BCUT2D eigenvalue weighted by Crippen LogP contribution is -2.42. The smallest absolute Gasteiger partial charge is 0.192 e. The van der Waals surface area contributed by atoms with E-state index in [0.717, 1.165) is 45.2 Å². The minimum atomic E-state index is -1.90. The van der Waals surface area contributed by atoms with E-state index >= 15 is 0 Å². The van der Waals surface area contributed by atoms with Crippen molar-refractivity contribution in [2.75, 3.05) is 32.3 Å². The van der Waals surface area contributed by atoms with Crippen molar-refractivity contribution in [1.29, 1.82) is 0 Å². The Morgan fingerprint density at radius 3 is 2.25 bits per heavy atom. The van der Waals surface area contributed by atoms with Gasteiger partial charge in [-0.3, -0.25) is 10.1 Å². The van der Waals surface area contributed by atoms with Crippen molar-refractivity contribution in [3.63, 3.8) is 0 Å². The predicted octanol–water partition coefficient (Wildman–Crippen LogP) is 6.20. The van der Waals surface area contributed by atoms with Gasteiger partial charge >= 0.3 is 0 Å². The number of aromatic amines is 1. The zero-order chi connectivity index (χ0) is 25.9. The number of aromatic nitrogens is 4. The van der Waals surface area contributed by atoms with Crippen LogP contribution >= 0.6 is 0 Å². The summed E-state index contributed by atoms with van der Waals surface area (Å²) in [6, 6.07) is 12.0. The van der Waals surface area contributed by atoms with Gasteiger partial charge in [0.25, 0.3) is 0 Å². The first-order valence-corrected chi connectivity index (χ1v) is 14.9. The summed E-state index contributed by atoms with van der Waals surface area (Å²) in [6.07, 6.45) is 5.32. The van der Waals surface area contributed by atoms with Crippen LogP contribution in [0.5, 0.6) is 11.5 Å². The lowest BCUT2D eigenvalue weighted by Gasteiger charge is -2.37. The highest BCUT2D eigenvalue weighted by molar-refractivity contribution is 6.74. The Bertz CT molecular complexity index is 1300. The molecule has 2 heterocycles. The molecular formula is C27H35N5O3Si. The second-order valence-electron chi connectivity index (χ2n) is 10.2. The second-order valence-corrected chi connectivity index (χ2v) is 15.1. The number of H-pyrrole nitrogens is 1. The van der Waals surface area contributed by atoms with Crippen LogP contribution in [0, 0.1) is 0 Å². The van der Waals surface area contributed by atoms with Crippen LogP contribution in [0.15, 0.2) is 55.0 Å². The summed E-state index contributed by atoms with van der Waals surface area (Å²) in [5.74, 6) is 1.45. The molecule has 0 saturated carbocycles. The van der Waals surface area contributed by atoms with Gasteiger partial charge in [0.15, 0.2) is 8.32 Å². The highest BCUT2D eigenvalue weighted by Gasteiger charge is 2.37. The van der Waals surface area contributed by atoms with Crippen molar-refractivity contribution in [2.45, 2.75) is 38.9 Å². The molecule has 0 spiro atoms. The molecule has 0 amide bonds. The van der Waals surface area contributed by atoms with Crippen molar-refractivity contribution in [1.82, 2.24) is 20.2 Å². The number of nitrogens with zero attached hydrogens (tertiary/aromatic N) is 4. The number of rotatable bonds is 9. The number of hydrogen-bond acceptors (Lipinski definition) is 7. The molecule has 1 N–H and O–H groups in total. The first kappa shape index (κ1) is 25.7. The lowest BCUT2D eigenvalue weighted by molar-refractivity contribution is 0.297. The molecule has 0 aliphatic rings. The van der Waals surface area contributed by atoms with Crippen LogP contribution in [-0.2, 0) is 4.43 Å². The molecule has 0 bridgehead atoms. The molecule has 0 radical (unpaired) electrons. The normalized spacial score (nSPS) is 12.1. The standard InChI is InChI=1S/C27H35N5O3Si/c1-27(2,3)36(6,7)35-11-10-32(21-12-22(33-4)15-23(13-21)34-5)20-8-9-24-25(14-20)31-26(18-28-24)19-16-29-30-17-19/h8-9,12-18H,10-11H2,1-7H3,(H,29,30).